The number of benzene rings is 1. The van der Waals surface area contributed by atoms with Crippen molar-refractivity contribution in [3.8, 4) is 11.4 Å². The molecule has 1 aromatic heterocycles. The molecule has 4 rings (SSSR count). The monoisotopic (exact) mass is 461 g/mol. The van der Waals surface area contributed by atoms with E-state index < -0.39 is 0 Å². The van der Waals surface area contributed by atoms with Crippen molar-refractivity contribution in [1.82, 2.24) is 19.6 Å². The summed E-state index contributed by atoms with van der Waals surface area (Å²) in [7, 11) is 3.92. The van der Waals surface area contributed by atoms with E-state index in [4.69, 9.17) is 28.6 Å². The van der Waals surface area contributed by atoms with Gasteiger partial charge in [0.05, 0.1) is 18.0 Å². The average Bonchev–Trinajstić information content (AvgIpc) is 3.28. The van der Waals surface area contributed by atoms with Gasteiger partial charge in [-0.05, 0) is 56.1 Å². The highest BCUT2D eigenvalue weighted by atomic mass is 35.5. The number of nitrogens with zero attached hydrogens (tertiary/aromatic N) is 5. The van der Waals surface area contributed by atoms with Crippen LogP contribution in [0.4, 0.5) is 5.69 Å². The fourth-order valence-electron chi connectivity index (χ4n) is 4.15. The molecule has 1 saturated carbocycles. The van der Waals surface area contributed by atoms with E-state index in [0.717, 1.165) is 62.7 Å². The molecule has 0 atom stereocenters. The Morgan fingerprint density at radius 2 is 1.90 bits per heavy atom. The lowest BCUT2D eigenvalue weighted by atomic mass is 10.2. The summed E-state index contributed by atoms with van der Waals surface area (Å²) in [5.74, 6) is 0.380. The van der Waals surface area contributed by atoms with Gasteiger partial charge in [0, 0.05) is 45.3 Å². The Hall–Kier alpha value is -2.32. The standard InChI is InChI=1S/C22H28ClN5O2S/c1-25(2)22(31)27-12-10-26(11-13-27)19-15-24-28(17-7-5-6-16(23)14-17)21(29)20(19)30-18-8-3-4-9-18/h5-7,14-15,18H,3-4,8-13H2,1-2H3. The van der Waals surface area contributed by atoms with Gasteiger partial charge in [-0.2, -0.15) is 9.78 Å². The molecule has 9 heteroatoms. The first kappa shape index (κ1) is 21.9. The molecular weight excluding hydrogens is 434 g/mol. The number of piperazine rings is 1. The van der Waals surface area contributed by atoms with Gasteiger partial charge in [-0.3, -0.25) is 4.79 Å². The molecule has 2 aliphatic rings. The number of ether oxygens (including phenoxy) is 1. The Labute approximate surface area is 193 Å². The molecule has 2 fully saturated rings. The second kappa shape index (κ2) is 9.44. The fourth-order valence-corrected chi connectivity index (χ4v) is 4.52. The summed E-state index contributed by atoms with van der Waals surface area (Å²) in [6.45, 7) is 3.07. The van der Waals surface area contributed by atoms with Crippen LogP contribution < -0.4 is 15.2 Å². The Morgan fingerprint density at radius 3 is 2.55 bits per heavy atom. The van der Waals surface area contributed by atoms with Crippen LogP contribution in [0.15, 0.2) is 35.3 Å². The molecule has 0 spiro atoms. The Bertz CT molecular complexity index is 998. The van der Waals surface area contributed by atoms with Gasteiger partial charge >= 0.3 is 5.56 Å². The lowest BCUT2D eigenvalue weighted by Crippen LogP contribution is -2.51. The third kappa shape index (κ3) is 4.80. The van der Waals surface area contributed by atoms with Crippen molar-refractivity contribution in [2.45, 2.75) is 31.8 Å². The highest BCUT2D eigenvalue weighted by Crippen LogP contribution is 2.30. The molecule has 0 N–H and O–H groups in total. The summed E-state index contributed by atoms with van der Waals surface area (Å²) >= 11 is 11.6. The minimum absolute atomic E-state index is 0.0734. The molecule has 2 aromatic rings. The molecule has 0 radical (unpaired) electrons. The maximum absolute atomic E-state index is 13.5. The zero-order valence-corrected chi connectivity index (χ0v) is 19.5. The molecule has 1 saturated heterocycles. The third-order valence-electron chi connectivity index (χ3n) is 5.83. The molecule has 0 unspecified atom stereocenters. The molecular formula is C22H28ClN5O2S. The average molecular weight is 462 g/mol. The van der Waals surface area contributed by atoms with Crippen molar-refractivity contribution in [3.63, 3.8) is 0 Å². The van der Waals surface area contributed by atoms with Crippen molar-refractivity contribution in [2.24, 2.45) is 0 Å². The van der Waals surface area contributed by atoms with Gasteiger partial charge in [0.15, 0.2) is 5.11 Å². The highest BCUT2D eigenvalue weighted by Gasteiger charge is 2.27. The number of hydrogen-bond acceptors (Lipinski definition) is 5. The predicted molar refractivity (Wildman–Crippen MR) is 128 cm³/mol. The summed E-state index contributed by atoms with van der Waals surface area (Å²) in [5.41, 5.74) is 1.13. The van der Waals surface area contributed by atoms with Gasteiger partial charge in [-0.15, -0.1) is 0 Å². The van der Waals surface area contributed by atoms with Crippen LogP contribution in [0.2, 0.25) is 5.02 Å². The second-order valence-electron chi connectivity index (χ2n) is 8.23. The Kier molecular flexibility index (Phi) is 6.67. The van der Waals surface area contributed by atoms with Crippen molar-refractivity contribution >= 4 is 34.6 Å². The zero-order chi connectivity index (χ0) is 22.0. The van der Waals surface area contributed by atoms with E-state index in [-0.39, 0.29) is 11.7 Å². The summed E-state index contributed by atoms with van der Waals surface area (Å²) in [4.78, 5) is 19.8. The lowest BCUT2D eigenvalue weighted by molar-refractivity contribution is 0.205. The first-order chi connectivity index (χ1) is 14.9. The van der Waals surface area contributed by atoms with Crippen molar-refractivity contribution in [3.05, 3.63) is 45.8 Å². The molecule has 0 amide bonds. The van der Waals surface area contributed by atoms with E-state index in [9.17, 15) is 4.79 Å². The number of anilines is 1. The van der Waals surface area contributed by atoms with E-state index in [1.165, 1.54) is 4.68 Å². The van der Waals surface area contributed by atoms with Crippen LogP contribution in [0.5, 0.6) is 5.75 Å². The number of aromatic nitrogens is 2. The Balaban J connectivity index is 1.65. The molecule has 166 valence electrons. The third-order valence-corrected chi connectivity index (χ3v) is 6.69. The van der Waals surface area contributed by atoms with Gasteiger partial charge in [-0.25, -0.2) is 0 Å². The van der Waals surface area contributed by atoms with Crippen LogP contribution >= 0.6 is 23.8 Å². The second-order valence-corrected chi connectivity index (χ2v) is 9.03. The summed E-state index contributed by atoms with van der Waals surface area (Å²) in [5, 5.41) is 5.85. The van der Waals surface area contributed by atoms with Crippen LogP contribution in [0.3, 0.4) is 0 Å². The van der Waals surface area contributed by atoms with E-state index in [2.05, 4.69) is 14.9 Å². The van der Waals surface area contributed by atoms with Crippen LogP contribution in [-0.2, 0) is 0 Å². The van der Waals surface area contributed by atoms with Crippen LogP contribution in [0, 0.1) is 0 Å². The minimum atomic E-state index is -0.252. The normalized spacial score (nSPS) is 17.1. The first-order valence-corrected chi connectivity index (χ1v) is 11.5. The molecule has 7 nitrogen and oxygen atoms in total. The minimum Gasteiger partial charge on any atom is -0.483 e. The van der Waals surface area contributed by atoms with Crippen molar-refractivity contribution in [1.29, 1.82) is 0 Å². The first-order valence-electron chi connectivity index (χ1n) is 10.7. The Morgan fingerprint density at radius 1 is 1.19 bits per heavy atom. The predicted octanol–water partition coefficient (Wildman–Crippen LogP) is 3.18. The van der Waals surface area contributed by atoms with Gasteiger partial charge in [0.25, 0.3) is 0 Å². The SMILES string of the molecule is CN(C)C(=S)N1CCN(c2cnn(-c3cccc(Cl)c3)c(=O)c2OC2CCCC2)CC1. The number of thiocarbonyl (C=S) groups is 1. The van der Waals surface area contributed by atoms with Crippen molar-refractivity contribution < 1.29 is 4.74 Å². The smallest absolute Gasteiger partial charge is 0.316 e. The fraction of sp³-hybridized carbons (Fsp3) is 0.500. The van der Waals surface area contributed by atoms with Gasteiger partial charge in [0.1, 0.15) is 5.69 Å². The van der Waals surface area contributed by atoms with E-state index in [0.29, 0.717) is 16.5 Å². The molecule has 31 heavy (non-hydrogen) atoms. The van der Waals surface area contributed by atoms with Gasteiger partial charge < -0.3 is 19.4 Å². The largest absolute Gasteiger partial charge is 0.483 e. The maximum atomic E-state index is 13.5. The quantitative estimate of drug-likeness (QED) is 0.648. The van der Waals surface area contributed by atoms with Crippen LogP contribution in [-0.4, -0.2) is 71.1 Å². The molecule has 1 aliphatic carbocycles. The lowest BCUT2D eigenvalue weighted by Gasteiger charge is -2.39. The number of halogens is 1. The maximum Gasteiger partial charge on any atom is 0.316 e. The van der Waals surface area contributed by atoms with Crippen LogP contribution in [0.25, 0.3) is 5.69 Å². The van der Waals surface area contributed by atoms with Crippen LogP contribution in [0.1, 0.15) is 25.7 Å². The summed E-state index contributed by atoms with van der Waals surface area (Å²) < 4.78 is 7.67. The molecule has 2 heterocycles. The van der Waals surface area contributed by atoms with Crippen molar-refractivity contribution in [2.75, 3.05) is 45.2 Å². The van der Waals surface area contributed by atoms with E-state index in [1.54, 1.807) is 18.3 Å². The molecule has 0 bridgehead atoms. The molecule has 1 aromatic carbocycles. The van der Waals surface area contributed by atoms with Gasteiger partial charge in [0.2, 0.25) is 5.75 Å². The zero-order valence-electron chi connectivity index (χ0n) is 18.0. The van der Waals surface area contributed by atoms with E-state index >= 15 is 0 Å². The molecule has 1 aliphatic heterocycles. The number of hydrogen-bond donors (Lipinski definition) is 0. The topological polar surface area (TPSA) is 53.8 Å². The van der Waals surface area contributed by atoms with E-state index in [1.807, 2.05) is 31.1 Å². The summed E-state index contributed by atoms with van der Waals surface area (Å²) in [6.07, 6.45) is 6.03. The summed E-state index contributed by atoms with van der Waals surface area (Å²) in [6, 6.07) is 7.14. The highest BCUT2D eigenvalue weighted by molar-refractivity contribution is 7.80. The number of rotatable bonds is 4. The van der Waals surface area contributed by atoms with Gasteiger partial charge in [-0.1, -0.05) is 17.7 Å².